The van der Waals surface area contributed by atoms with E-state index in [0.29, 0.717) is 5.13 Å². The number of hydrogen-bond acceptors (Lipinski definition) is 4. The molecule has 0 spiro atoms. The molecule has 1 aromatic carbocycles. The van der Waals surface area contributed by atoms with Crippen molar-refractivity contribution in [1.82, 2.24) is 9.97 Å². The lowest BCUT2D eigenvalue weighted by molar-refractivity contribution is 0.915. The summed E-state index contributed by atoms with van der Waals surface area (Å²) >= 11 is 1.54. The zero-order chi connectivity index (χ0) is 12.4. The van der Waals surface area contributed by atoms with Crippen molar-refractivity contribution in [3.05, 3.63) is 53.9 Å². The molecule has 3 aromatic rings. The zero-order valence-corrected chi connectivity index (χ0v) is 10.7. The Labute approximate surface area is 109 Å². The summed E-state index contributed by atoms with van der Waals surface area (Å²) in [5, 5.41) is 0.631. The summed E-state index contributed by atoms with van der Waals surface area (Å²) in [5.41, 5.74) is 9.12. The first kappa shape index (κ1) is 11.2. The van der Waals surface area contributed by atoms with Crippen molar-refractivity contribution in [3.63, 3.8) is 0 Å². The quantitative estimate of drug-likeness (QED) is 0.782. The first-order valence-electron chi connectivity index (χ1n) is 5.86. The maximum atomic E-state index is 5.70. The fourth-order valence-electron chi connectivity index (χ4n) is 1.96. The van der Waals surface area contributed by atoms with E-state index in [-0.39, 0.29) is 0 Å². The summed E-state index contributed by atoms with van der Waals surface area (Å²) < 4.78 is 1.16. The van der Waals surface area contributed by atoms with E-state index in [1.807, 2.05) is 24.4 Å². The summed E-state index contributed by atoms with van der Waals surface area (Å²) in [6.45, 7) is 0. The molecule has 0 unspecified atom stereocenters. The van der Waals surface area contributed by atoms with E-state index in [4.69, 9.17) is 5.73 Å². The monoisotopic (exact) mass is 255 g/mol. The lowest BCUT2D eigenvalue weighted by Crippen LogP contribution is -1.93. The Hall–Kier alpha value is -1.94. The number of thiazole rings is 1. The Kier molecular flexibility index (Phi) is 2.94. The molecule has 0 saturated heterocycles. The molecule has 0 saturated carbocycles. The molecule has 0 fully saturated rings. The molecule has 0 radical (unpaired) electrons. The molecule has 4 heteroatoms. The standard InChI is InChI=1S/C14H13N3S/c15-14-17-12-7-5-10(9-13(12)18-14)4-6-11-3-1-2-8-16-11/h1-3,5,7-9H,4,6H2,(H2,15,17). The molecule has 3 nitrogen and oxygen atoms in total. The van der Waals surface area contributed by atoms with Crippen LogP contribution in [0.15, 0.2) is 42.6 Å². The Morgan fingerprint density at radius 2 is 2.06 bits per heavy atom. The molecule has 2 N–H and O–H groups in total. The first-order chi connectivity index (χ1) is 8.81. The Balaban J connectivity index is 1.78. The van der Waals surface area contributed by atoms with Gasteiger partial charge < -0.3 is 5.73 Å². The van der Waals surface area contributed by atoms with E-state index in [1.165, 1.54) is 16.9 Å². The van der Waals surface area contributed by atoms with Crippen molar-refractivity contribution < 1.29 is 0 Å². The van der Waals surface area contributed by atoms with Gasteiger partial charge in [-0.05, 0) is 42.7 Å². The molecule has 0 bridgehead atoms. The van der Waals surface area contributed by atoms with Crippen LogP contribution in [-0.4, -0.2) is 9.97 Å². The largest absolute Gasteiger partial charge is 0.375 e. The van der Waals surface area contributed by atoms with Gasteiger partial charge in [0.1, 0.15) is 0 Å². The normalized spacial score (nSPS) is 10.9. The second kappa shape index (κ2) is 4.74. The average Bonchev–Trinajstić information content (AvgIpc) is 2.77. The summed E-state index contributed by atoms with van der Waals surface area (Å²) in [6, 6.07) is 12.3. The SMILES string of the molecule is Nc1nc2ccc(CCc3ccccn3)cc2s1. The number of nitrogen functional groups attached to an aromatic ring is 1. The van der Waals surface area contributed by atoms with Crippen molar-refractivity contribution in [2.24, 2.45) is 0 Å². The number of aryl methyl sites for hydroxylation is 2. The number of fused-ring (bicyclic) bond motifs is 1. The van der Waals surface area contributed by atoms with Crippen LogP contribution in [-0.2, 0) is 12.8 Å². The third kappa shape index (κ3) is 2.33. The van der Waals surface area contributed by atoms with Crippen molar-refractivity contribution in [3.8, 4) is 0 Å². The van der Waals surface area contributed by atoms with Gasteiger partial charge in [0.15, 0.2) is 5.13 Å². The molecule has 18 heavy (non-hydrogen) atoms. The summed E-state index contributed by atoms with van der Waals surface area (Å²) in [6.07, 6.45) is 3.79. The predicted molar refractivity (Wildman–Crippen MR) is 75.7 cm³/mol. The molecular formula is C14H13N3S. The number of pyridine rings is 1. The Morgan fingerprint density at radius 3 is 2.89 bits per heavy atom. The maximum absolute atomic E-state index is 5.70. The number of benzene rings is 1. The van der Waals surface area contributed by atoms with Crippen molar-refractivity contribution in [2.75, 3.05) is 5.73 Å². The van der Waals surface area contributed by atoms with Crippen LogP contribution in [0, 0.1) is 0 Å². The minimum Gasteiger partial charge on any atom is -0.375 e. The molecule has 0 aliphatic carbocycles. The highest BCUT2D eigenvalue weighted by molar-refractivity contribution is 7.22. The van der Waals surface area contributed by atoms with E-state index in [1.54, 1.807) is 0 Å². The third-order valence-corrected chi connectivity index (χ3v) is 3.71. The van der Waals surface area contributed by atoms with Gasteiger partial charge in [0, 0.05) is 11.9 Å². The highest BCUT2D eigenvalue weighted by atomic mass is 32.1. The van der Waals surface area contributed by atoms with E-state index < -0.39 is 0 Å². The molecule has 0 aliphatic heterocycles. The molecule has 2 heterocycles. The number of rotatable bonds is 3. The summed E-state index contributed by atoms with van der Waals surface area (Å²) in [7, 11) is 0. The third-order valence-electron chi connectivity index (χ3n) is 2.87. The second-order valence-electron chi connectivity index (χ2n) is 4.18. The van der Waals surface area contributed by atoms with Gasteiger partial charge in [0.25, 0.3) is 0 Å². The van der Waals surface area contributed by atoms with Gasteiger partial charge in [-0.2, -0.15) is 0 Å². The first-order valence-corrected chi connectivity index (χ1v) is 6.68. The summed E-state index contributed by atoms with van der Waals surface area (Å²) in [5.74, 6) is 0. The number of anilines is 1. The smallest absolute Gasteiger partial charge is 0.181 e. The number of nitrogens with two attached hydrogens (primary N) is 1. The molecule has 3 rings (SSSR count). The zero-order valence-electron chi connectivity index (χ0n) is 9.84. The van der Waals surface area contributed by atoms with E-state index >= 15 is 0 Å². The molecule has 0 atom stereocenters. The molecule has 0 amide bonds. The molecule has 2 aromatic heterocycles. The van der Waals surface area contributed by atoms with Gasteiger partial charge in [-0.15, -0.1) is 0 Å². The molecular weight excluding hydrogens is 242 g/mol. The summed E-state index contributed by atoms with van der Waals surface area (Å²) in [4.78, 5) is 8.59. The van der Waals surface area contributed by atoms with Gasteiger partial charge in [0.05, 0.1) is 10.2 Å². The van der Waals surface area contributed by atoms with Crippen LogP contribution in [0.1, 0.15) is 11.3 Å². The highest BCUT2D eigenvalue weighted by Gasteiger charge is 2.02. The van der Waals surface area contributed by atoms with Gasteiger partial charge in [-0.1, -0.05) is 23.5 Å². The second-order valence-corrected chi connectivity index (χ2v) is 5.24. The number of nitrogens with zero attached hydrogens (tertiary/aromatic N) is 2. The van der Waals surface area contributed by atoms with Gasteiger partial charge in [0.2, 0.25) is 0 Å². The topological polar surface area (TPSA) is 51.8 Å². The number of aromatic nitrogens is 2. The van der Waals surface area contributed by atoms with E-state index in [9.17, 15) is 0 Å². The van der Waals surface area contributed by atoms with Crippen molar-refractivity contribution in [2.45, 2.75) is 12.8 Å². The van der Waals surface area contributed by atoms with Crippen LogP contribution in [0.2, 0.25) is 0 Å². The van der Waals surface area contributed by atoms with E-state index in [2.05, 4.69) is 28.2 Å². The maximum Gasteiger partial charge on any atom is 0.181 e. The molecule has 90 valence electrons. The fraction of sp³-hybridized carbons (Fsp3) is 0.143. The van der Waals surface area contributed by atoms with Crippen molar-refractivity contribution in [1.29, 1.82) is 0 Å². The molecule has 0 aliphatic rings. The Morgan fingerprint density at radius 1 is 1.11 bits per heavy atom. The van der Waals surface area contributed by atoms with Crippen LogP contribution in [0.5, 0.6) is 0 Å². The Bertz CT molecular complexity index is 661. The van der Waals surface area contributed by atoms with Crippen molar-refractivity contribution >= 4 is 26.7 Å². The van der Waals surface area contributed by atoms with Gasteiger partial charge in [-0.3, -0.25) is 4.98 Å². The van der Waals surface area contributed by atoms with Crippen LogP contribution in [0.4, 0.5) is 5.13 Å². The van der Waals surface area contributed by atoms with Crippen LogP contribution in [0.3, 0.4) is 0 Å². The predicted octanol–water partition coefficient (Wildman–Crippen LogP) is 3.06. The minimum atomic E-state index is 0.631. The lowest BCUT2D eigenvalue weighted by Gasteiger charge is -2.01. The minimum absolute atomic E-state index is 0.631. The number of hydrogen-bond donors (Lipinski definition) is 1. The van der Waals surface area contributed by atoms with Crippen LogP contribution >= 0.6 is 11.3 Å². The van der Waals surface area contributed by atoms with Crippen LogP contribution < -0.4 is 5.73 Å². The van der Waals surface area contributed by atoms with Crippen LogP contribution in [0.25, 0.3) is 10.2 Å². The van der Waals surface area contributed by atoms with E-state index in [0.717, 1.165) is 28.8 Å². The lowest BCUT2D eigenvalue weighted by atomic mass is 10.1. The highest BCUT2D eigenvalue weighted by Crippen LogP contribution is 2.24. The van der Waals surface area contributed by atoms with Gasteiger partial charge in [-0.25, -0.2) is 4.98 Å². The average molecular weight is 255 g/mol. The van der Waals surface area contributed by atoms with Gasteiger partial charge >= 0.3 is 0 Å². The fourth-order valence-corrected chi connectivity index (χ4v) is 2.76.